The summed E-state index contributed by atoms with van der Waals surface area (Å²) in [5.41, 5.74) is -0.173. The second-order valence-corrected chi connectivity index (χ2v) is 3.37. The van der Waals surface area contributed by atoms with Gasteiger partial charge in [-0.05, 0) is 27.2 Å². The van der Waals surface area contributed by atoms with Crippen LogP contribution in [0, 0.1) is 0 Å². The Morgan fingerprint density at radius 2 is 1.80 bits per heavy atom. The molecule has 0 aliphatic carbocycles. The minimum atomic E-state index is -0.173. The van der Waals surface area contributed by atoms with Crippen molar-refractivity contribution in [2.24, 2.45) is 0 Å². The molecule has 0 radical (unpaired) electrons. The fourth-order valence-corrected chi connectivity index (χ4v) is 0.422. The molecule has 0 amide bonds. The second kappa shape index (κ2) is 4.69. The van der Waals surface area contributed by atoms with Crippen molar-refractivity contribution >= 4 is 0 Å². The zero-order valence-corrected chi connectivity index (χ0v) is 7.44. The molecule has 0 rings (SSSR count). The Morgan fingerprint density at radius 3 is 2.20 bits per heavy atom. The summed E-state index contributed by atoms with van der Waals surface area (Å²) in [5.74, 6) is 0. The third kappa shape index (κ3) is 7.92. The maximum absolute atomic E-state index is 5.03. The lowest BCUT2D eigenvalue weighted by atomic mass is 10.2. The van der Waals surface area contributed by atoms with Crippen LogP contribution < -0.4 is 0 Å². The molecule has 0 spiro atoms. The van der Waals surface area contributed by atoms with Crippen molar-refractivity contribution < 1.29 is 9.78 Å². The summed E-state index contributed by atoms with van der Waals surface area (Å²) in [5, 5.41) is 0. The first kappa shape index (κ1) is 9.92. The standard InChI is InChI=1S/C8H18O2/c1-5-6-7-9-10-8(2,3)4/h5-7H2,1-4H3. The van der Waals surface area contributed by atoms with E-state index in [1.807, 2.05) is 20.8 Å². The fraction of sp³-hybridized carbons (Fsp3) is 1.00. The predicted molar refractivity (Wildman–Crippen MR) is 41.7 cm³/mol. The highest BCUT2D eigenvalue weighted by molar-refractivity contribution is 4.54. The van der Waals surface area contributed by atoms with Crippen LogP contribution in [0.3, 0.4) is 0 Å². The molecule has 2 nitrogen and oxygen atoms in total. The zero-order valence-electron chi connectivity index (χ0n) is 7.44. The molecule has 0 aromatic carbocycles. The van der Waals surface area contributed by atoms with E-state index in [-0.39, 0.29) is 5.60 Å². The highest BCUT2D eigenvalue weighted by Gasteiger charge is 2.10. The summed E-state index contributed by atoms with van der Waals surface area (Å²) in [4.78, 5) is 9.97. The fourth-order valence-electron chi connectivity index (χ4n) is 0.422. The average molecular weight is 146 g/mol. The monoisotopic (exact) mass is 146 g/mol. The van der Waals surface area contributed by atoms with Crippen molar-refractivity contribution in [2.75, 3.05) is 6.61 Å². The molecule has 0 heterocycles. The van der Waals surface area contributed by atoms with Gasteiger partial charge in [0.05, 0.1) is 12.2 Å². The third-order valence-corrected chi connectivity index (χ3v) is 0.890. The van der Waals surface area contributed by atoms with E-state index >= 15 is 0 Å². The summed E-state index contributed by atoms with van der Waals surface area (Å²) >= 11 is 0. The van der Waals surface area contributed by atoms with Crippen LogP contribution in [-0.4, -0.2) is 12.2 Å². The molecule has 0 aromatic heterocycles. The van der Waals surface area contributed by atoms with Crippen molar-refractivity contribution in [3.8, 4) is 0 Å². The van der Waals surface area contributed by atoms with Gasteiger partial charge in [0, 0.05) is 0 Å². The number of rotatable bonds is 4. The number of hydrogen-bond donors (Lipinski definition) is 0. The Bertz CT molecular complexity index is 73.8. The molecule has 0 saturated carbocycles. The largest absolute Gasteiger partial charge is 0.236 e. The first-order valence-corrected chi connectivity index (χ1v) is 3.87. The first-order valence-electron chi connectivity index (χ1n) is 3.87. The van der Waals surface area contributed by atoms with Crippen molar-refractivity contribution in [1.29, 1.82) is 0 Å². The lowest BCUT2D eigenvalue weighted by molar-refractivity contribution is -0.348. The summed E-state index contributed by atoms with van der Waals surface area (Å²) < 4.78 is 0. The molecule has 0 aliphatic rings. The van der Waals surface area contributed by atoms with Gasteiger partial charge in [0.25, 0.3) is 0 Å². The van der Waals surface area contributed by atoms with E-state index < -0.39 is 0 Å². The van der Waals surface area contributed by atoms with Crippen molar-refractivity contribution in [2.45, 2.75) is 46.1 Å². The van der Waals surface area contributed by atoms with E-state index in [1.54, 1.807) is 0 Å². The Balaban J connectivity index is 3.04. The van der Waals surface area contributed by atoms with Crippen molar-refractivity contribution in [3.63, 3.8) is 0 Å². The summed E-state index contributed by atoms with van der Waals surface area (Å²) in [7, 11) is 0. The minimum absolute atomic E-state index is 0.173. The summed E-state index contributed by atoms with van der Waals surface area (Å²) in [6, 6.07) is 0. The Labute approximate surface area is 63.5 Å². The third-order valence-electron chi connectivity index (χ3n) is 0.890. The number of hydrogen-bond acceptors (Lipinski definition) is 2. The van der Waals surface area contributed by atoms with E-state index in [0.717, 1.165) is 12.8 Å². The second-order valence-electron chi connectivity index (χ2n) is 3.37. The van der Waals surface area contributed by atoms with Gasteiger partial charge in [-0.25, -0.2) is 9.78 Å². The molecular formula is C8H18O2. The molecule has 0 N–H and O–H groups in total. The normalized spacial score (nSPS) is 12.0. The van der Waals surface area contributed by atoms with Gasteiger partial charge in [0.1, 0.15) is 0 Å². The maximum atomic E-state index is 5.03. The van der Waals surface area contributed by atoms with Crippen LogP contribution in [0.1, 0.15) is 40.5 Å². The molecule has 2 heteroatoms. The Kier molecular flexibility index (Phi) is 4.65. The molecule has 10 heavy (non-hydrogen) atoms. The molecule has 0 aromatic rings. The van der Waals surface area contributed by atoms with Gasteiger partial charge < -0.3 is 0 Å². The minimum Gasteiger partial charge on any atom is -0.236 e. The van der Waals surface area contributed by atoms with Crippen LogP contribution in [0.15, 0.2) is 0 Å². The van der Waals surface area contributed by atoms with E-state index in [9.17, 15) is 0 Å². The molecule has 0 aliphatic heterocycles. The van der Waals surface area contributed by atoms with Crippen LogP contribution in [0.4, 0.5) is 0 Å². The van der Waals surface area contributed by atoms with Gasteiger partial charge in [-0.15, -0.1) is 0 Å². The highest BCUT2D eigenvalue weighted by Crippen LogP contribution is 2.07. The quantitative estimate of drug-likeness (QED) is 0.345. The molecule has 0 unspecified atom stereocenters. The molecule has 0 fully saturated rings. The van der Waals surface area contributed by atoms with Gasteiger partial charge in [-0.2, -0.15) is 0 Å². The molecule has 62 valence electrons. The smallest absolute Gasteiger partial charge is 0.0952 e. The van der Waals surface area contributed by atoms with E-state index in [0.29, 0.717) is 6.61 Å². The van der Waals surface area contributed by atoms with Gasteiger partial charge in [0.15, 0.2) is 0 Å². The van der Waals surface area contributed by atoms with Crippen LogP contribution in [-0.2, 0) is 9.78 Å². The summed E-state index contributed by atoms with van der Waals surface area (Å²) in [6.07, 6.45) is 2.21. The van der Waals surface area contributed by atoms with Crippen molar-refractivity contribution in [3.05, 3.63) is 0 Å². The van der Waals surface area contributed by atoms with Crippen molar-refractivity contribution in [1.82, 2.24) is 0 Å². The van der Waals surface area contributed by atoms with E-state index in [2.05, 4.69) is 6.92 Å². The van der Waals surface area contributed by atoms with Gasteiger partial charge in [-0.3, -0.25) is 0 Å². The molecule has 0 saturated heterocycles. The summed E-state index contributed by atoms with van der Waals surface area (Å²) in [6.45, 7) is 8.74. The van der Waals surface area contributed by atoms with Crippen LogP contribution >= 0.6 is 0 Å². The topological polar surface area (TPSA) is 18.5 Å². The predicted octanol–water partition coefficient (Wildman–Crippen LogP) is 2.53. The lowest BCUT2D eigenvalue weighted by Gasteiger charge is -2.17. The average Bonchev–Trinajstić information content (AvgIpc) is 1.78. The van der Waals surface area contributed by atoms with E-state index in [4.69, 9.17) is 9.78 Å². The van der Waals surface area contributed by atoms with E-state index in [1.165, 1.54) is 0 Å². The molecule has 0 atom stereocenters. The zero-order chi connectivity index (χ0) is 8.04. The Morgan fingerprint density at radius 1 is 1.20 bits per heavy atom. The molecular weight excluding hydrogens is 128 g/mol. The number of unbranched alkanes of at least 4 members (excludes halogenated alkanes) is 1. The van der Waals surface area contributed by atoms with Crippen LogP contribution in [0.25, 0.3) is 0 Å². The Hall–Kier alpha value is -0.0800. The highest BCUT2D eigenvalue weighted by atomic mass is 17.2. The van der Waals surface area contributed by atoms with Gasteiger partial charge >= 0.3 is 0 Å². The SMILES string of the molecule is CCCCOOC(C)(C)C. The maximum Gasteiger partial charge on any atom is 0.0952 e. The molecule has 0 bridgehead atoms. The van der Waals surface area contributed by atoms with Crippen LogP contribution in [0.2, 0.25) is 0 Å². The van der Waals surface area contributed by atoms with Crippen LogP contribution in [0.5, 0.6) is 0 Å². The lowest BCUT2D eigenvalue weighted by Crippen LogP contribution is -2.19. The first-order chi connectivity index (χ1) is 4.56. The van der Waals surface area contributed by atoms with Gasteiger partial charge in [-0.1, -0.05) is 13.3 Å². The van der Waals surface area contributed by atoms with Gasteiger partial charge in [0.2, 0.25) is 0 Å².